The number of carboxylic acid groups (broad SMARTS) is 1. The van der Waals surface area contributed by atoms with Crippen LogP contribution in [0.2, 0.25) is 0 Å². The summed E-state index contributed by atoms with van der Waals surface area (Å²) in [6.07, 6.45) is -0.586. The average Bonchev–Trinajstić information content (AvgIpc) is 2.97. The number of carboxylic acids is 1. The molecule has 2 aliphatic rings. The molecule has 0 aromatic heterocycles. The quantitative estimate of drug-likeness (QED) is 0.327. The third kappa shape index (κ3) is 8.56. The maximum atomic E-state index is 14.0. The number of carbonyl (C=O) groups is 1. The molecule has 0 saturated heterocycles. The fraction of sp³-hybridized carbons (Fsp3) is 0.519. The van der Waals surface area contributed by atoms with Gasteiger partial charge in [-0.1, -0.05) is 13.0 Å². The lowest BCUT2D eigenvalue weighted by Crippen LogP contribution is -2.37. The van der Waals surface area contributed by atoms with Crippen molar-refractivity contribution in [3.63, 3.8) is 0 Å². The molecule has 222 valence electrons. The van der Waals surface area contributed by atoms with E-state index in [1.807, 2.05) is 4.90 Å². The van der Waals surface area contributed by atoms with E-state index in [1.54, 1.807) is 35.6 Å². The Labute approximate surface area is 237 Å². The molecule has 2 atom stereocenters. The summed E-state index contributed by atoms with van der Waals surface area (Å²) in [6, 6.07) is 9.39. The summed E-state index contributed by atoms with van der Waals surface area (Å²) < 4.78 is 84.6. The molecule has 1 aliphatic heterocycles. The van der Waals surface area contributed by atoms with E-state index < -0.39 is 40.5 Å². The molecule has 1 heterocycles. The Bertz CT molecular complexity index is 1220. The summed E-state index contributed by atoms with van der Waals surface area (Å²) in [5.41, 5.74) is 1.15. The molecule has 1 saturated carbocycles. The number of halogens is 5. The molecule has 2 aromatic rings. The Kier molecular flexibility index (Phi) is 10.5. The van der Waals surface area contributed by atoms with E-state index in [0.29, 0.717) is 40.0 Å². The van der Waals surface area contributed by atoms with Crippen molar-refractivity contribution in [2.24, 2.45) is 5.92 Å². The highest BCUT2D eigenvalue weighted by molar-refractivity contribution is 8.00. The molecule has 4 rings (SSSR count). The monoisotopic (exact) mass is 608 g/mol. The Balaban J connectivity index is 0.000000663. The van der Waals surface area contributed by atoms with Crippen molar-refractivity contribution in [1.82, 2.24) is 4.31 Å². The number of hydrogen-bond donors (Lipinski definition) is 1. The van der Waals surface area contributed by atoms with Gasteiger partial charge in [0.05, 0.1) is 21.4 Å². The van der Waals surface area contributed by atoms with E-state index in [0.717, 1.165) is 6.92 Å². The van der Waals surface area contributed by atoms with Crippen LogP contribution in [-0.4, -0.2) is 63.4 Å². The number of hydrogen-bond acceptors (Lipinski definition) is 5. The Hall–Kier alpha value is -2.38. The van der Waals surface area contributed by atoms with Crippen LogP contribution in [0.3, 0.4) is 0 Å². The fourth-order valence-electron chi connectivity index (χ4n) is 3.77. The van der Waals surface area contributed by atoms with Crippen LogP contribution in [0.25, 0.3) is 0 Å². The number of anilines is 2. The third-order valence-electron chi connectivity index (χ3n) is 6.42. The number of nitrogens with zero attached hydrogens (tertiary/aromatic N) is 2. The highest BCUT2D eigenvalue weighted by atomic mass is 32.2. The van der Waals surface area contributed by atoms with Crippen molar-refractivity contribution in [2.75, 3.05) is 31.6 Å². The first-order valence-electron chi connectivity index (χ1n) is 12.7. The zero-order valence-electron chi connectivity index (χ0n) is 22.6. The standard InChI is InChI=1S/C23H25F3N2O4S2.C4H8F2/c1-14(22(29)30)13-32-19-10-21-18(9-20(19)33-17-11-23(25,26)12-17)28(7-6-27(2)34(21)31)16-5-3-4-15(24)8-16;1-3-4(2,5)6/h3-5,8-10,14,17H,6-7,11-13H2,1-2H3,(H,29,30);3H2,1-2H3. The molecule has 1 fully saturated rings. The van der Waals surface area contributed by atoms with Gasteiger partial charge >= 0.3 is 5.97 Å². The normalized spacial score (nSPS) is 19.9. The molecule has 0 radical (unpaired) electrons. The number of rotatable bonds is 8. The average molecular weight is 609 g/mol. The van der Waals surface area contributed by atoms with Gasteiger partial charge in [-0.3, -0.25) is 4.79 Å². The largest absolute Gasteiger partial charge is 0.491 e. The molecular formula is C27H33F5N2O4S2. The first kappa shape index (κ1) is 32.1. The second-order valence-corrected chi connectivity index (χ2v) is 12.9. The number of thioether (sulfide) groups is 1. The van der Waals surface area contributed by atoms with E-state index in [2.05, 4.69) is 0 Å². The third-order valence-corrected chi connectivity index (χ3v) is 9.11. The van der Waals surface area contributed by atoms with E-state index in [9.17, 15) is 36.1 Å². The molecular weight excluding hydrogens is 575 g/mol. The number of benzene rings is 2. The Morgan fingerprint density at radius 3 is 2.45 bits per heavy atom. The molecule has 0 amide bonds. The topological polar surface area (TPSA) is 70.1 Å². The molecule has 6 nitrogen and oxygen atoms in total. The van der Waals surface area contributed by atoms with Gasteiger partial charge < -0.3 is 14.7 Å². The van der Waals surface area contributed by atoms with Gasteiger partial charge in [0.2, 0.25) is 11.8 Å². The lowest BCUT2D eigenvalue weighted by atomic mass is 9.94. The van der Waals surface area contributed by atoms with Crippen LogP contribution in [0.1, 0.15) is 40.0 Å². The number of alkyl halides is 4. The molecule has 40 heavy (non-hydrogen) atoms. The molecule has 0 bridgehead atoms. The maximum Gasteiger partial charge on any atom is 0.309 e. The number of ether oxygens (including phenoxy) is 1. The van der Waals surface area contributed by atoms with Crippen LogP contribution in [0.5, 0.6) is 5.75 Å². The highest BCUT2D eigenvalue weighted by Crippen LogP contribution is 2.50. The van der Waals surface area contributed by atoms with Gasteiger partial charge in [0.1, 0.15) is 29.2 Å². The second kappa shape index (κ2) is 13.1. The first-order chi connectivity index (χ1) is 18.6. The van der Waals surface area contributed by atoms with E-state index in [-0.39, 0.29) is 31.1 Å². The zero-order valence-corrected chi connectivity index (χ0v) is 24.3. The molecule has 2 aromatic carbocycles. The van der Waals surface area contributed by atoms with E-state index in [4.69, 9.17) is 4.74 Å². The van der Waals surface area contributed by atoms with Crippen LogP contribution in [0.4, 0.5) is 33.3 Å². The molecule has 2 unspecified atom stereocenters. The van der Waals surface area contributed by atoms with Gasteiger partial charge in [0.15, 0.2) is 0 Å². The first-order valence-corrected chi connectivity index (χ1v) is 14.7. The van der Waals surface area contributed by atoms with Crippen LogP contribution in [0, 0.1) is 11.7 Å². The highest BCUT2D eigenvalue weighted by Gasteiger charge is 2.46. The van der Waals surface area contributed by atoms with Gasteiger partial charge in [0.25, 0.3) is 0 Å². The number of likely N-dealkylation sites (N-methyl/N-ethyl adjacent to an activating group) is 1. The SMILES string of the molecule is CC(COc1cc2c(cc1SC1CC(F)(F)C1)N(c1cccc(F)c1)CCN(C)S2=O)C(=O)O.CCC(C)(F)F. The van der Waals surface area contributed by atoms with Gasteiger partial charge in [-0.25, -0.2) is 30.5 Å². The number of fused-ring (bicyclic) bond motifs is 1. The molecule has 1 N–H and O–H groups in total. The van der Waals surface area contributed by atoms with Crippen molar-refractivity contribution in [3.8, 4) is 5.75 Å². The van der Waals surface area contributed by atoms with Crippen LogP contribution in [0.15, 0.2) is 46.2 Å². The minimum Gasteiger partial charge on any atom is -0.491 e. The maximum absolute atomic E-state index is 14.0. The van der Waals surface area contributed by atoms with Gasteiger partial charge in [-0.15, -0.1) is 11.8 Å². The van der Waals surface area contributed by atoms with Crippen molar-refractivity contribution in [2.45, 2.75) is 66.9 Å². The van der Waals surface area contributed by atoms with Crippen molar-refractivity contribution in [1.29, 1.82) is 0 Å². The number of aliphatic carboxylic acids is 1. The van der Waals surface area contributed by atoms with Gasteiger partial charge in [0, 0.05) is 56.4 Å². The van der Waals surface area contributed by atoms with Crippen LogP contribution < -0.4 is 9.64 Å². The predicted molar refractivity (Wildman–Crippen MR) is 146 cm³/mol. The van der Waals surface area contributed by atoms with E-state index >= 15 is 0 Å². The van der Waals surface area contributed by atoms with Crippen molar-refractivity contribution in [3.05, 3.63) is 42.2 Å². The van der Waals surface area contributed by atoms with Gasteiger partial charge in [-0.2, -0.15) is 0 Å². The molecule has 13 heteroatoms. The summed E-state index contributed by atoms with van der Waals surface area (Å²) in [6.45, 7) is 4.61. The fourth-order valence-corrected chi connectivity index (χ4v) is 6.33. The smallest absolute Gasteiger partial charge is 0.309 e. The summed E-state index contributed by atoms with van der Waals surface area (Å²) in [5, 5.41) is 8.88. The summed E-state index contributed by atoms with van der Waals surface area (Å²) in [4.78, 5) is 14.1. The zero-order chi connectivity index (χ0) is 29.8. The lowest BCUT2D eigenvalue weighted by Gasteiger charge is -2.35. The molecule has 0 spiro atoms. The van der Waals surface area contributed by atoms with Crippen LogP contribution >= 0.6 is 11.8 Å². The molecule has 1 aliphatic carbocycles. The summed E-state index contributed by atoms with van der Waals surface area (Å²) in [5.74, 6) is -7.08. The van der Waals surface area contributed by atoms with E-state index in [1.165, 1.54) is 37.7 Å². The Morgan fingerprint density at radius 1 is 1.25 bits per heavy atom. The van der Waals surface area contributed by atoms with Crippen molar-refractivity contribution < 1.29 is 40.8 Å². The lowest BCUT2D eigenvalue weighted by molar-refractivity contribution is -0.142. The predicted octanol–water partition coefficient (Wildman–Crippen LogP) is 6.97. The minimum absolute atomic E-state index is 0.0625. The second-order valence-electron chi connectivity index (χ2n) is 9.98. The van der Waals surface area contributed by atoms with Crippen molar-refractivity contribution >= 4 is 40.1 Å². The summed E-state index contributed by atoms with van der Waals surface area (Å²) >= 11 is 1.24. The Morgan fingerprint density at radius 2 is 1.90 bits per heavy atom. The summed E-state index contributed by atoms with van der Waals surface area (Å²) in [7, 11) is 0.150. The van der Waals surface area contributed by atoms with Gasteiger partial charge in [-0.05, 0) is 38.1 Å². The van der Waals surface area contributed by atoms with Crippen LogP contribution in [-0.2, 0) is 15.8 Å². The minimum atomic E-state index is -2.69.